The summed E-state index contributed by atoms with van der Waals surface area (Å²) < 4.78 is 5.78. The first-order valence-corrected chi connectivity index (χ1v) is 9.35. The maximum Gasteiger partial charge on any atom is 0.291 e. The molecule has 1 aromatic heterocycles. The molecule has 0 aliphatic rings. The minimum atomic E-state index is -0.249. The Morgan fingerprint density at radius 1 is 0.926 bits per heavy atom. The Kier molecular flexibility index (Phi) is 5.65. The lowest BCUT2D eigenvalue weighted by Crippen LogP contribution is -2.21. The Bertz CT molecular complexity index is 922. The topological polar surface area (TPSA) is 45.5 Å². The van der Waals surface area contributed by atoms with Crippen LogP contribution in [0.4, 0.5) is 11.4 Å². The first-order valence-electron chi connectivity index (χ1n) is 9.35. The lowest BCUT2D eigenvalue weighted by Gasteiger charge is -2.21. The standard InChI is InChI=1S/C23H26N2O2/c1-5-25(6-2)20-11-9-19(10-12-20)24-23(26)22-14-13-21(27-22)18-8-7-16(3)17(4)15-18/h7-15H,5-6H2,1-4H3,(H,24,26). The van der Waals surface area contributed by atoms with Gasteiger partial charge in [0.05, 0.1) is 0 Å². The molecule has 0 aliphatic heterocycles. The van der Waals surface area contributed by atoms with Crippen LogP contribution in [0.1, 0.15) is 35.5 Å². The van der Waals surface area contributed by atoms with Crippen molar-refractivity contribution in [3.05, 3.63) is 71.5 Å². The van der Waals surface area contributed by atoms with E-state index in [1.807, 2.05) is 36.4 Å². The summed E-state index contributed by atoms with van der Waals surface area (Å²) in [7, 11) is 0. The summed E-state index contributed by atoms with van der Waals surface area (Å²) in [5, 5.41) is 2.89. The van der Waals surface area contributed by atoms with Crippen LogP contribution in [0.15, 0.2) is 59.0 Å². The number of aryl methyl sites for hydroxylation is 2. The normalized spacial score (nSPS) is 10.7. The molecule has 140 valence electrons. The Morgan fingerprint density at radius 3 is 2.26 bits per heavy atom. The number of anilines is 2. The quantitative estimate of drug-likeness (QED) is 0.615. The monoisotopic (exact) mass is 362 g/mol. The van der Waals surface area contributed by atoms with E-state index in [2.05, 4.69) is 50.0 Å². The van der Waals surface area contributed by atoms with Crippen molar-refractivity contribution in [3.8, 4) is 11.3 Å². The summed E-state index contributed by atoms with van der Waals surface area (Å²) >= 11 is 0. The van der Waals surface area contributed by atoms with Crippen LogP contribution in [0.25, 0.3) is 11.3 Å². The first-order chi connectivity index (χ1) is 13.0. The van der Waals surface area contributed by atoms with Gasteiger partial charge in [0.25, 0.3) is 5.91 Å². The highest BCUT2D eigenvalue weighted by molar-refractivity contribution is 6.02. The van der Waals surface area contributed by atoms with Gasteiger partial charge in [-0.05, 0) is 81.3 Å². The van der Waals surface area contributed by atoms with Crippen molar-refractivity contribution < 1.29 is 9.21 Å². The number of rotatable bonds is 6. The van der Waals surface area contributed by atoms with Crippen LogP contribution in [0.3, 0.4) is 0 Å². The van der Waals surface area contributed by atoms with E-state index in [4.69, 9.17) is 4.42 Å². The van der Waals surface area contributed by atoms with E-state index in [1.54, 1.807) is 6.07 Å². The lowest BCUT2D eigenvalue weighted by atomic mass is 10.1. The van der Waals surface area contributed by atoms with E-state index in [1.165, 1.54) is 11.1 Å². The molecule has 4 nitrogen and oxygen atoms in total. The number of hydrogen-bond acceptors (Lipinski definition) is 3. The molecule has 1 amide bonds. The maximum atomic E-state index is 12.5. The number of amides is 1. The van der Waals surface area contributed by atoms with Crippen molar-refractivity contribution in [2.45, 2.75) is 27.7 Å². The minimum absolute atomic E-state index is 0.249. The molecule has 27 heavy (non-hydrogen) atoms. The molecule has 1 N–H and O–H groups in total. The molecule has 3 aromatic rings. The molecule has 2 aromatic carbocycles. The van der Waals surface area contributed by atoms with Crippen molar-refractivity contribution in [1.82, 2.24) is 0 Å². The summed E-state index contributed by atoms with van der Waals surface area (Å²) in [6.07, 6.45) is 0. The van der Waals surface area contributed by atoms with Crippen molar-refractivity contribution in [2.24, 2.45) is 0 Å². The number of nitrogens with zero attached hydrogens (tertiary/aromatic N) is 1. The van der Waals surface area contributed by atoms with Crippen LogP contribution < -0.4 is 10.2 Å². The van der Waals surface area contributed by atoms with Crippen LogP contribution in [0, 0.1) is 13.8 Å². The van der Waals surface area contributed by atoms with Crippen molar-refractivity contribution in [1.29, 1.82) is 0 Å². The number of carbonyl (C=O) groups is 1. The molecular formula is C23H26N2O2. The predicted molar refractivity (Wildman–Crippen MR) is 112 cm³/mol. The van der Waals surface area contributed by atoms with E-state index in [-0.39, 0.29) is 5.91 Å². The molecule has 0 spiro atoms. The molecule has 0 radical (unpaired) electrons. The average Bonchev–Trinajstić information content (AvgIpc) is 3.17. The van der Waals surface area contributed by atoms with Gasteiger partial charge in [0, 0.05) is 30.0 Å². The van der Waals surface area contributed by atoms with Crippen LogP contribution in [0.2, 0.25) is 0 Å². The largest absolute Gasteiger partial charge is 0.451 e. The number of nitrogens with one attached hydrogen (secondary N) is 1. The minimum Gasteiger partial charge on any atom is -0.451 e. The van der Waals surface area contributed by atoms with E-state index >= 15 is 0 Å². The number of benzene rings is 2. The van der Waals surface area contributed by atoms with E-state index < -0.39 is 0 Å². The summed E-state index contributed by atoms with van der Waals surface area (Å²) in [5.41, 5.74) is 5.30. The Morgan fingerprint density at radius 2 is 1.63 bits per heavy atom. The van der Waals surface area contributed by atoms with Gasteiger partial charge in [-0.2, -0.15) is 0 Å². The van der Waals surface area contributed by atoms with Gasteiger partial charge < -0.3 is 14.6 Å². The van der Waals surface area contributed by atoms with Crippen molar-refractivity contribution >= 4 is 17.3 Å². The number of hydrogen-bond donors (Lipinski definition) is 1. The third kappa shape index (κ3) is 4.22. The fraction of sp³-hybridized carbons (Fsp3) is 0.261. The van der Waals surface area contributed by atoms with Gasteiger partial charge in [-0.15, -0.1) is 0 Å². The van der Waals surface area contributed by atoms with Crippen LogP contribution >= 0.6 is 0 Å². The van der Waals surface area contributed by atoms with Gasteiger partial charge in [0.15, 0.2) is 5.76 Å². The SMILES string of the molecule is CCN(CC)c1ccc(NC(=O)c2ccc(-c3ccc(C)c(C)c3)o2)cc1. The molecule has 0 saturated heterocycles. The highest BCUT2D eigenvalue weighted by atomic mass is 16.3. The molecule has 0 bridgehead atoms. The Balaban J connectivity index is 1.71. The number of carbonyl (C=O) groups excluding carboxylic acids is 1. The Labute approximate surface area is 160 Å². The summed E-state index contributed by atoms with van der Waals surface area (Å²) in [6, 6.07) is 17.6. The van der Waals surface area contributed by atoms with E-state index in [0.717, 1.165) is 30.0 Å². The second-order valence-corrected chi connectivity index (χ2v) is 6.64. The zero-order valence-corrected chi connectivity index (χ0v) is 16.4. The zero-order chi connectivity index (χ0) is 19.4. The summed E-state index contributed by atoms with van der Waals surface area (Å²) in [5.74, 6) is 0.747. The summed E-state index contributed by atoms with van der Waals surface area (Å²) in [6.45, 7) is 10.3. The molecule has 0 saturated carbocycles. The highest BCUT2D eigenvalue weighted by Gasteiger charge is 2.13. The van der Waals surface area contributed by atoms with Crippen LogP contribution in [0.5, 0.6) is 0 Å². The van der Waals surface area contributed by atoms with Crippen molar-refractivity contribution in [3.63, 3.8) is 0 Å². The first kappa shape index (κ1) is 18.8. The van der Waals surface area contributed by atoms with E-state index in [9.17, 15) is 4.79 Å². The van der Waals surface area contributed by atoms with Crippen LogP contribution in [-0.4, -0.2) is 19.0 Å². The third-order valence-electron chi connectivity index (χ3n) is 4.87. The van der Waals surface area contributed by atoms with E-state index in [0.29, 0.717) is 11.5 Å². The smallest absolute Gasteiger partial charge is 0.291 e. The number of furan rings is 1. The molecule has 3 rings (SSSR count). The summed E-state index contributed by atoms with van der Waals surface area (Å²) in [4.78, 5) is 14.8. The second kappa shape index (κ2) is 8.12. The van der Waals surface area contributed by atoms with Gasteiger partial charge in [0.2, 0.25) is 0 Å². The fourth-order valence-corrected chi connectivity index (χ4v) is 3.05. The lowest BCUT2D eigenvalue weighted by molar-refractivity contribution is 0.0997. The Hall–Kier alpha value is -3.01. The highest BCUT2D eigenvalue weighted by Crippen LogP contribution is 2.25. The molecule has 0 fully saturated rings. The fourth-order valence-electron chi connectivity index (χ4n) is 3.05. The molecule has 0 unspecified atom stereocenters. The third-order valence-corrected chi connectivity index (χ3v) is 4.87. The van der Waals surface area contributed by atoms with Gasteiger partial charge >= 0.3 is 0 Å². The second-order valence-electron chi connectivity index (χ2n) is 6.64. The predicted octanol–water partition coefficient (Wildman–Crippen LogP) is 5.66. The van der Waals surface area contributed by atoms with Gasteiger partial charge in [-0.25, -0.2) is 0 Å². The average molecular weight is 362 g/mol. The van der Waals surface area contributed by atoms with Gasteiger partial charge in [-0.3, -0.25) is 4.79 Å². The maximum absolute atomic E-state index is 12.5. The molecule has 0 atom stereocenters. The molecule has 0 aliphatic carbocycles. The van der Waals surface area contributed by atoms with Crippen molar-refractivity contribution in [2.75, 3.05) is 23.3 Å². The van der Waals surface area contributed by atoms with Crippen LogP contribution in [-0.2, 0) is 0 Å². The van der Waals surface area contributed by atoms with Gasteiger partial charge in [0.1, 0.15) is 5.76 Å². The molecule has 1 heterocycles. The molecular weight excluding hydrogens is 336 g/mol. The van der Waals surface area contributed by atoms with Gasteiger partial charge in [-0.1, -0.05) is 12.1 Å². The zero-order valence-electron chi connectivity index (χ0n) is 16.4. The molecule has 4 heteroatoms.